The molecule has 37 heavy (non-hydrogen) atoms. The summed E-state index contributed by atoms with van der Waals surface area (Å²) in [6.45, 7) is 7.08. The van der Waals surface area contributed by atoms with Crippen molar-refractivity contribution in [1.82, 2.24) is 19.3 Å². The van der Waals surface area contributed by atoms with Gasteiger partial charge in [0, 0.05) is 49.5 Å². The molecule has 3 fully saturated rings. The van der Waals surface area contributed by atoms with E-state index in [1.165, 1.54) is 11.3 Å². The van der Waals surface area contributed by atoms with E-state index in [-0.39, 0.29) is 23.4 Å². The van der Waals surface area contributed by atoms with E-state index in [1.54, 1.807) is 6.20 Å². The molecule has 5 heterocycles. The number of nitrogens with zero attached hydrogens (tertiary/aromatic N) is 4. The molecule has 3 aliphatic heterocycles. The lowest BCUT2D eigenvalue weighted by Gasteiger charge is -2.36. The van der Waals surface area contributed by atoms with E-state index in [0.717, 1.165) is 49.3 Å². The summed E-state index contributed by atoms with van der Waals surface area (Å²) in [5.41, 5.74) is 5.96. The summed E-state index contributed by atoms with van der Waals surface area (Å²) in [7, 11) is 0. The van der Waals surface area contributed by atoms with Gasteiger partial charge < -0.3 is 19.5 Å². The van der Waals surface area contributed by atoms with Crippen LogP contribution in [0.1, 0.15) is 52.5 Å². The van der Waals surface area contributed by atoms with Gasteiger partial charge in [-0.15, -0.1) is 0 Å². The number of rotatable bonds is 3. The molecule has 3 aliphatic rings. The Labute approximate surface area is 214 Å². The number of likely N-dealkylation sites (tertiary alicyclic amines) is 1. The number of imidazole rings is 1. The first-order valence-electron chi connectivity index (χ1n) is 13.2. The minimum absolute atomic E-state index is 0.0479. The molecule has 2 bridgehead atoms. The zero-order valence-corrected chi connectivity index (χ0v) is 21.2. The van der Waals surface area contributed by atoms with Crippen LogP contribution in [0.15, 0.2) is 47.4 Å². The number of H-pyrrole nitrogens is 1. The molecule has 7 rings (SSSR count). The Hall–Kier alpha value is -3.65. The highest BCUT2D eigenvalue weighted by Crippen LogP contribution is 2.36. The minimum atomic E-state index is -0.186. The predicted molar refractivity (Wildman–Crippen MR) is 143 cm³/mol. The van der Waals surface area contributed by atoms with Gasteiger partial charge in [-0.1, -0.05) is 17.7 Å². The number of hydrogen-bond acceptors (Lipinski definition) is 5. The van der Waals surface area contributed by atoms with Gasteiger partial charge in [-0.3, -0.25) is 14.0 Å². The van der Waals surface area contributed by atoms with E-state index in [0.29, 0.717) is 35.9 Å². The normalized spacial score (nSPS) is 22.0. The Kier molecular flexibility index (Phi) is 5.15. The first-order valence-corrected chi connectivity index (χ1v) is 13.2. The summed E-state index contributed by atoms with van der Waals surface area (Å²) in [5.74, 6) is 1.20. The summed E-state index contributed by atoms with van der Waals surface area (Å²) in [6, 6.07) is 13.1. The van der Waals surface area contributed by atoms with Crippen LogP contribution < -0.4 is 10.5 Å². The number of piperazine rings is 1. The van der Waals surface area contributed by atoms with Gasteiger partial charge in [0.1, 0.15) is 11.3 Å². The average molecular weight is 498 g/mol. The predicted octanol–water partition coefficient (Wildman–Crippen LogP) is 3.79. The monoisotopic (exact) mass is 497 g/mol. The molecule has 3 saturated heterocycles. The summed E-state index contributed by atoms with van der Waals surface area (Å²) in [5, 5.41) is 0. The number of aryl methyl sites for hydroxylation is 2. The van der Waals surface area contributed by atoms with Gasteiger partial charge >= 0.3 is 0 Å². The van der Waals surface area contributed by atoms with Gasteiger partial charge in [-0.2, -0.15) is 0 Å². The van der Waals surface area contributed by atoms with E-state index in [9.17, 15) is 9.59 Å². The fourth-order valence-corrected chi connectivity index (χ4v) is 6.54. The van der Waals surface area contributed by atoms with Crippen LogP contribution in [0.25, 0.3) is 16.6 Å². The molecule has 2 atom stereocenters. The van der Waals surface area contributed by atoms with Crippen LogP contribution in [-0.4, -0.2) is 63.6 Å². The van der Waals surface area contributed by atoms with Crippen molar-refractivity contribution in [3.63, 3.8) is 0 Å². The van der Waals surface area contributed by atoms with Crippen molar-refractivity contribution in [3.8, 4) is 0 Å². The molecule has 0 aliphatic carbocycles. The smallest absolute Gasteiger partial charge is 0.274 e. The molecule has 190 valence electrons. The van der Waals surface area contributed by atoms with Crippen LogP contribution >= 0.6 is 0 Å². The lowest BCUT2D eigenvalue weighted by molar-refractivity contribution is 0.0725. The molecule has 8 heteroatoms. The molecular weight excluding hydrogens is 466 g/mol. The maximum Gasteiger partial charge on any atom is 0.274 e. The molecule has 1 N–H and O–H groups in total. The number of ether oxygens (including phenoxy) is 1. The van der Waals surface area contributed by atoms with Crippen molar-refractivity contribution < 1.29 is 9.53 Å². The highest BCUT2D eigenvalue weighted by molar-refractivity contribution is 5.99. The van der Waals surface area contributed by atoms with Gasteiger partial charge in [-0.05, 0) is 62.9 Å². The first-order chi connectivity index (χ1) is 18.0. The van der Waals surface area contributed by atoms with Gasteiger partial charge in [-0.25, -0.2) is 4.98 Å². The Morgan fingerprint density at radius 3 is 2.54 bits per heavy atom. The number of amides is 1. The van der Waals surface area contributed by atoms with Crippen LogP contribution in [-0.2, 0) is 4.74 Å². The Balaban J connectivity index is 1.22. The number of fused-ring (bicyclic) bond motifs is 5. The van der Waals surface area contributed by atoms with Crippen LogP contribution in [0.2, 0.25) is 0 Å². The number of aromatic amines is 1. The third-order valence-electron chi connectivity index (χ3n) is 8.54. The molecule has 2 aromatic carbocycles. The first kappa shape index (κ1) is 22.5. The van der Waals surface area contributed by atoms with E-state index >= 15 is 0 Å². The summed E-state index contributed by atoms with van der Waals surface area (Å²) in [4.78, 5) is 38.9. The standard InChI is InChI=1S/C29H31N5O3/c1-17-3-5-20(6-4-17)32-15-22-12-21(32)16-33(22)29(36)23-13-24-25(11-18(23)2)34-26(28(35)31-24)14-30-27(34)19-7-9-37-10-8-19/h3-6,11,13-14,19,21-22H,7-10,12,15-16H2,1-2H3,(H,31,35)/t21-,22-/m0/s1. The Morgan fingerprint density at radius 2 is 1.81 bits per heavy atom. The number of carbonyl (C=O) groups is 1. The number of nitrogens with one attached hydrogen (secondary N) is 1. The summed E-state index contributed by atoms with van der Waals surface area (Å²) < 4.78 is 7.53. The lowest BCUT2D eigenvalue weighted by Crippen LogP contribution is -2.49. The molecule has 0 saturated carbocycles. The number of hydrogen-bond donors (Lipinski definition) is 1. The average Bonchev–Trinajstić information content (AvgIpc) is 3.64. The van der Waals surface area contributed by atoms with Gasteiger partial charge in [0.25, 0.3) is 11.5 Å². The van der Waals surface area contributed by atoms with Crippen LogP contribution in [0.5, 0.6) is 0 Å². The largest absolute Gasteiger partial charge is 0.381 e. The van der Waals surface area contributed by atoms with Crippen LogP contribution in [0.4, 0.5) is 5.69 Å². The molecule has 0 unspecified atom stereocenters. The molecule has 4 aromatic rings. The Bertz CT molecular complexity index is 1580. The second-order valence-electron chi connectivity index (χ2n) is 10.9. The van der Waals surface area contributed by atoms with Crippen molar-refractivity contribution >= 4 is 28.1 Å². The third kappa shape index (κ3) is 3.57. The van der Waals surface area contributed by atoms with E-state index in [2.05, 4.69) is 46.1 Å². The van der Waals surface area contributed by atoms with Crippen LogP contribution in [0, 0.1) is 13.8 Å². The molecule has 1 amide bonds. The second-order valence-corrected chi connectivity index (χ2v) is 10.9. The van der Waals surface area contributed by atoms with Crippen LogP contribution in [0.3, 0.4) is 0 Å². The fraction of sp³-hybridized carbons (Fsp3) is 0.414. The van der Waals surface area contributed by atoms with Gasteiger partial charge in [0.2, 0.25) is 0 Å². The van der Waals surface area contributed by atoms with Crippen molar-refractivity contribution in [2.24, 2.45) is 0 Å². The maximum atomic E-state index is 13.8. The molecule has 0 radical (unpaired) electrons. The fourth-order valence-electron chi connectivity index (χ4n) is 6.54. The number of aromatic nitrogens is 3. The topological polar surface area (TPSA) is 82.9 Å². The van der Waals surface area contributed by atoms with E-state index < -0.39 is 0 Å². The maximum absolute atomic E-state index is 13.8. The van der Waals surface area contributed by atoms with Crippen molar-refractivity contribution in [1.29, 1.82) is 0 Å². The summed E-state index contributed by atoms with van der Waals surface area (Å²) >= 11 is 0. The highest BCUT2D eigenvalue weighted by atomic mass is 16.5. The second kappa shape index (κ2) is 8.45. The SMILES string of the molecule is Cc1ccc(N2C[C@@H]3C[C@H]2CN3C(=O)c2cc3[nH]c(=O)c4cnc(C5CCOCC5)n4c3cc2C)cc1. The Morgan fingerprint density at radius 1 is 1.03 bits per heavy atom. The highest BCUT2D eigenvalue weighted by Gasteiger charge is 2.45. The van der Waals surface area contributed by atoms with Crippen molar-refractivity contribution in [3.05, 3.63) is 75.5 Å². The molecular formula is C29H31N5O3. The summed E-state index contributed by atoms with van der Waals surface area (Å²) in [6.07, 6.45) is 4.44. The number of carbonyl (C=O) groups excluding carboxylic acids is 1. The quantitative estimate of drug-likeness (QED) is 0.466. The van der Waals surface area contributed by atoms with E-state index in [1.807, 2.05) is 28.4 Å². The molecule has 0 spiro atoms. The van der Waals surface area contributed by atoms with Gasteiger partial charge in [0.05, 0.1) is 23.3 Å². The van der Waals surface area contributed by atoms with Gasteiger partial charge in [0.15, 0.2) is 0 Å². The minimum Gasteiger partial charge on any atom is -0.381 e. The number of benzene rings is 2. The zero-order chi connectivity index (χ0) is 25.3. The van der Waals surface area contributed by atoms with E-state index in [4.69, 9.17) is 4.74 Å². The number of anilines is 1. The molecule has 8 nitrogen and oxygen atoms in total. The van der Waals surface area contributed by atoms with Crippen molar-refractivity contribution in [2.45, 2.75) is 51.1 Å². The molecule has 2 aromatic heterocycles. The zero-order valence-electron chi connectivity index (χ0n) is 21.2. The third-order valence-corrected chi connectivity index (χ3v) is 8.54. The lowest BCUT2D eigenvalue weighted by atomic mass is 9.99. The van der Waals surface area contributed by atoms with Crippen molar-refractivity contribution in [2.75, 3.05) is 31.2 Å².